The highest BCUT2D eigenvalue weighted by Crippen LogP contribution is 2.30. The molecule has 0 unspecified atom stereocenters. The number of hydrogen-bond donors (Lipinski definition) is 1. The van der Waals surface area contributed by atoms with Crippen LogP contribution in [0.25, 0.3) is 0 Å². The third-order valence-electron chi connectivity index (χ3n) is 5.86. The van der Waals surface area contributed by atoms with E-state index in [1.54, 1.807) is 12.1 Å². The molecular weight excluding hydrogens is 585 g/mol. The molecule has 16 heteroatoms. The van der Waals surface area contributed by atoms with Crippen molar-refractivity contribution in [3.63, 3.8) is 0 Å². The lowest BCUT2D eigenvalue weighted by Gasteiger charge is -2.22. The Labute approximate surface area is 230 Å². The van der Waals surface area contributed by atoms with Crippen molar-refractivity contribution in [1.82, 2.24) is 14.9 Å². The topological polar surface area (TPSA) is 105 Å². The van der Waals surface area contributed by atoms with E-state index in [0.29, 0.717) is 12.1 Å². The molecular formula is C24H21ClF5N5O4S. The number of anilines is 2. The Kier molecular flexibility index (Phi) is 8.75. The van der Waals surface area contributed by atoms with Gasteiger partial charge in [0.05, 0.1) is 11.2 Å². The van der Waals surface area contributed by atoms with Crippen LogP contribution < -0.4 is 9.79 Å². The Morgan fingerprint density at radius 2 is 1.82 bits per heavy atom. The normalized spacial score (nSPS) is 14.2. The van der Waals surface area contributed by atoms with Gasteiger partial charge in [-0.15, -0.1) is 0 Å². The van der Waals surface area contributed by atoms with Gasteiger partial charge in [-0.1, -0.05) is 34.3 Å². The fourth-order valence-electron chi connectivity index (χ4n) is 3.94. The van der Waals surface area contributed by atoms with E-state index in [-0.39, 0.29) is 17.4 Å². The fourth-order valence-corrected chi connectivity index (χ4v) is 5.39. The van der Waals surface area contributed by atoms with Crippen molar-refractivity contribution in [2.24, 2.45) is 0 Å². The molecule has 3 aromatic rings. The van der Waals surface area contributed by atoms with Crippen molar-refractivity contribution in [1.29, 1.82) is 0 Å². The Hall–Kier alpha value is -3.56. The lowest BCUT2D eigenvalue weighted by atomic mass is 10.1. The van der Waals surface area contributed by atoms with Gasteiger partial charge in [-0.3, -0.25) is 4.90 Å². The lowest BCUT2D eigenvalue weighted by molar-refractivity contribution is -0.199. The van der Waals surface area contributed by atoms with Gasteiger partial charge in [-0.25, -0.2) is 14.2 Å². The zero-order valence-electron chi connectivity index (χ0n) is 20.5. The second-order valence-corrected chi connectivity index (χ2v) is 10.8. The zero-order chi connectivity index (χ0) is 29.1. The minimum absolute atomic E-state index is 0.0568. The summed E-state index contributed by atoms with van der Waals surface area (Å²) in [7, 11) is -5.14. The number of sulfonamides is 1. The predicted octanol–water partition coefficient (Wildman–Crippen LogP) is 4.83. The molecule has 9 nitrogen and oxygen atoms in total. The number of hydrogen-bond acceptors (Lipinski definition) is 8. The van der Waals surface area contributed by atoms with E-state index in [2.05, 4.69) is 25.0 Å². The molecule has 214 valence electrons. The van der Waals surface area contributed by atoms with Gasteiger partial charge < -0.3 is 10.2 Å². The van der Waals surface area contributed by atoms with Crippen LogP contribution in [0.3, 0.4) is 0 Å². The van der Waals surface area contributed by atoms with Crippen LogP contribution in [0.2, 0.25) is 5.02 Å². The third kappa shape index (κ3) is 6.77. The Balaban J connectivity index is 1.59. The summed E-state index contributed by atoms with van der Waals surface area (Å²) < 4.78 is 92.7. The van der Waals surface area contributed by atoms with Crippen molar-refractivity contribution in [2.75, 3.05) is 22.9 Å². The number of nitrogens with one attached hydrogen (secondary N) is 1. The van der Waals surface area contributed by atoms with E-state index in [0.717, 1.165) is 62.0 Å². The second-order valence-electron chi connectivity index (χ2n) is 8.64. The molecule has 0 atom stereocenters. The van der Waals surface area contributed by atoms with Crippen LogP contribution in [0.15, 0.2) is 53.6 Å². The molecule has 0 spiro atoms. The van der Waals surface area contributed by atoms with Gasteiger partial charge in [-0.05, 0) is 55.8 Å². The van der Waals surface area contributed by atoms with Crippen molar-refractivity contribution in [3.05, 3.63) is 76.6 Å². The maximum atomic E-state index is 14.7. The number of aromatic nitrogens is 2. The number of halogens is 6. The molecule has 0 saturated carbocycles. The maximum absolute atomic E-state index is 14.7. The number of benzene rings is 1. The zero-order valence-corrected chi connectivity index (χ0v) is 22.0. The van der Waals surface area contributed by atoms with Crippen LogP contribution in [-0.4, -0.2) is 48.5 Å². The fraction of sp³-hybridized carbons (Fsp3) is 0.292. The highest BCUT2D eigenvalue weighted by atomic mass is 35.5. The molecule has 2 aromatic heterocycles. The van der Waals surface area contributed by atoms with Gasteiger partial charge in [0.15, 0.2) is 5.82 Å². The van der Waals surface area contributed by atoms with E-state index in [1.165, 1.54) is 6.07 Å². The van der Waals surface area contributed by atoms with Gasteiger partial charge >= 0.3 is 12.1 Å². The molecule has 1 N–H and O–H groups in total. The molecule has 1 aromatic carbocycles. The molecule has 1 saturated heterocycles. The number of likely N-dealkylation sites (tertiary alicyclic amines) is 1. The van der Waals surface area contributed by atoms with Crippen LogP contribution in [0, 0.1) is 11.8 Å². The first-order valence-corrected chi connectivity index (χ1v) is 13.5. The largest absolute Gasteiger partial charge is 0.493 e. The van der Waals surface area contributed by atoms with E-state index in [9.17, 15) is 35.2 Å². The maximum Gasteiger partial charge on any atom is 0.493 e. The first kappa shape index (κ1) is 29.4. The molecule has 3 heterocycles. The van der Waals surface area contributed by atoms with Crippen molar-refractivity contribution < 1.29 is 40.0 Å². The van der Waals surface area contributed by atoms with Crippen molar-refractivity contribution in [3.8, 4) is 0 Å². The van der Waals surface area contributed by atoms with E-state index in [4.69, 9.17) is 11.6 Å². The lowest BCUT2D eigenvalue weighted by Crippen LogP contribution is -2.39. The first-order valence-electron chi connectivity index (χ1n) is 11.7. The van der Waals surface area contributed by atoms with E-state index < -0.39 is 49.1 Å². The molecule has 4 rings (SSSR count). The number of nitrogens with zero attached hydrogens (tertiary/aromatic N) is 4. The van der Waals surface area contributed by atoms with Crippen molar-refractivity contribution in [2.45, 2.75) is 37.0 Å². The summed E-state index contributed by atoms with van der Waals surface area (Å²) >= 11 is 6.20. The highest BCUT2D eigenvalue weighted by molar-refractivity contribution is 7.92. The SMILES string of the molecule is O=C(ON(c1cccc(F)n1)S(=O)(=O)c1cnc(NCc2c(F)cccc2CN2CCCC2)c(Cl)c1)C(F)(F)F. The average molecular weight is 606 g/mol. The van der Waals surface area contributed by atoms with Gasteiger partial charge in [0.2, 0.25) is 5.95 Å². The van der Waals surface area contributed by atoms with Crippen molar-refractivity contribution >= 4 is 39.2 Å². The van der Waals surface area contributed by atoms with Crippen LogP contribution in [0.5, 0.6) is 0 Å². The summed E-state index contributed by atoms with van der Waals surface area (Å²) in [6, 6.07) is 8.06. The predicted molar refractivity (Wildman–Crippen MR) is 133 cm³/mol. The summed E-state index contributed by atoms with van der Waals surface area (Å²) in [5.41, 5.74) is 1.10. The molecule has 1 aliphatic rings. The standard InChI is InChI=1S/C24H21ClF5N5O4S/c25-18-11-16(40(37,38)35(39-23(36)24(28,29)30)21-8-4-7-20(27)33-21)12-31-22(18)32-13-17-15(5-3-6-19(17)26)14-34-9-1-2-10-34/h3-8,11-12H,1-2,9-10,13-14H2,(H,31,32). The smallest absolute Gasteiger partial charge is 0.365 e. The molecule has 1 aliphatic heterocycles. The third-order valence-corrected chi connectivity index (χ3v) is 7.66. The molecule has 0 bridgehead atoms. The first-order chi connectivity index (χ1) is 18.9. The summed E-state index contributed by atoms with van der Waals surface area (Å²) in [6.07, 6.45) is -2.74. The summed E-state index contributed by atoms with van der Waals surface area (Å²) in [6.45, 7) is 2.27. The minimum Gasteiger partial charge on any atom is -0.365 e. The molecule has 1 fully saturated rings. The Morgan fingerprint density at radius 1 is 1.12 bits per heavy atom. The quantitative estimate of drug-likeness (QED) is 0.210. The molecule has 0 radical (unpaired) electrons. The van der Waals surface area contributed by atoms with Crippen LogP contribution in [-0.2, 0) is 32.7 Å². The molecule has 40 heavy (non-hydrogen) atoms. The Bertz CT molecular complexity index is 1500. The number of rotatable bonds is 9. The average Bonchev–Trinajstić information content (AvgIpc) is 3.40. The minimum atomic E-state index is -5.58. The number of alkyl halides is 3. The van der Waals surface area contributed by atoms with Gasteiger partial charge in [0.25, 0.3) is 10.0 Å². The van der Waals surface area contributed by atoms with Crippen LogP contribution in [0.1, 0.15) is 24.0 Å². The summed E-state index contributed by atoms with van der Waals surface area (Å²) in [5, 5.41) is 2.53. The van der Waals surface area contributed by atoms with E-state index >= 15 is 0 Å². The van der Waals surface area contributed by atoms with Gasteiger partial charge in [0, 0.05) is 18.7 Å². The highest BCUT2D eigenvalue weighted by Gasteiger charge is 2.45. The number of pyridine rings is 2. The van der Waals surface area contributed by atoms with Gasteiger partial charge in [-0.2, -0.15) is 31.0 Å². The monoisotopic (exact) mass is 605 g/mol. The number of carbonyl (C=O) groups is 1. The summed E-state index contributed by atoms with van der Waals surface area (Å²) in [4.78, 5) is 24.0. The van der Waals surface area contributed by atoms with Crippen LogP contribution >= 0.6 is 11.6 Å². The number of carbonyl (C=O) groups excluding carboxylic acids is 1. The van der Waals surface area contributed by atoms with Crippen LogP contribution in [0.4, 0.5) is 33.6 Å². The van der Waals surface area contributed by atoms with Gasteiger partial charge in [0.1, 0.15) is 16.5 Å². The second kappa shape index (κ2) is 11.9. The molecule has 0 aliphatic carbocycles. The Morgan fingerprint density at radius 3 is 2.48 bits per heavy atom. The van der Waals surface area contributed by atoms with E-state index in [1.807, 2.05) is 0 Å². The summed E-state index contributed by atoms with van der Waals surface area (Å²) in [5.74, 6) is -5.65. The molecule has 0 amide bonds.